The predicted octanol–water partition coefficient (Wildman–Crippen LogP) is 5.02. The molecular formula is C25H31F3N4O. The Hall–Kier alpha value is -2.19. The van der Waals surface area contributed by atoms with Crippen LogP contribution >= 0.6 is 0 Å². The number of aryl methyl sites for hydroxylation is 1. The van der Waals surface area contributed by atoms with Crippen LogP contribution in [0, 0.1) is 24.7 Å². The highest BCUT2D eigenvalue weighted by atomic mass is 19.4. The lowest BCUT2D eigenvalue weighted by Gasteiger charge is -2.28. The largest absolute Gasteiger partial charge is 0.420 e. The van der Waals surface area contributed by atoms with Gasteiger partial charge in [-0.3, -0.25) is 0 Å². The van der Waals surface area contributed by atoms with Crippen molar-refractivity contribution in [3.63, 3.8) is 0 Å². The van der Waals surface area contributed by atoms with E-state index < -0.39 is 11.7 Å². The molecule has 2 aliphatic heterocycles. The minimum absolute atomic E-state index is 0.00458. The number of rotatable bonds is 5. The zero-order valence-corrected chi connectivity index (χ0v) is 18.9. The standard InChI is InChI=1S/C25H31F3N4O/c1-16-4-2-3-5-21(16)23-12-22(25(26,27)28)24(31-30-23)29-20-10-18-14-32(15-19(18)11-20)13-17-6-8-33-9-7-17/h2-5,12,17-20H,6-11,13-15H2,1H3,(H,29,31)/t18-,19+,20+. The third-order valence-electron chi connectivity index (χ3n) is 7.55. The van der Waals surface area contributed by atoms with E-state index in [-0.39, 0.29) is 17.6 Å². The summed E-state index contributed by atoms with van der Waals surface area (Å²) in [4.78, 5) is 2.56. The molecule has 5 rings (SSSR count). The van der Waals surface area contributed by atoms with E-state index in [0.29, 0.717) is 23.3 Å². The highest BCUT2D eigenvalue weighted by molar-refractivity contribution is 5.65. The first-order valence-corrected chi connectivity index (χ1v) is 11.9. The van der Waals surface area contributed by atoms with Crippen molar-refractivity contribution in [3.8, 4) is 11.3 Å². The summed E-state index contributed by atoms with van der Waals surface area (Å²) in [7, 11) is 0. The van der Waals surface area contributed by atoms with E-state index in [2.05, 4.69) is 20.4 Å². The first-order valence-electron chi connectivity index (χ1n) is 11.9. The normalized spacial score (nSPS) is 26.5. The fourth-order valence-corrected chi connectivity index (χ4v) is 5.86. The highest BCUT2D eigenvalue weighted by Gasteiger charge is 2.42. The molecule has 2 saturated heterocycles. The van der Waals surface area contributed by atoms with Gasteiger partial charge in [0.1, 0.15) is 5.56 Å². The Morgan fingerprint density at radius 3 is 2.42 bits per heavy atom. The predicted molar refractivity (Wildman–Crippen MR) is 121 cm³/mol. The molecule has 33 heavy (non-hydrogen) atoms. The van der Waals surface area contributed by atoms with Crippen molar-refractivity contribution in [1.82, 2.24) is 15.1 Å². The Morgan fingerprint density at radius 2 is 1.76 bits per heavy atom. The monoisotopic (exact) mass is 460 g/mol. The SMILES string of the molecule is Cc1ccccc1-c1cc(C(F)(F)F)c(N[C@H]2C[C@@H]3CN(CC4CCOCC4)C[C@@H]3C2)nn1. The molecular weight excluding hydrogens is 429 g/mol. The summed E-state index contributed by atoms with van der Waals surface area (Å²) in [5, 5.41) is 11.3. The van der Waals surface area contributed by atoms with Crippen LogP contribution in [0.5, 0.6) is 0 Å². The number of alkyl halides is 3. The van der Waals surface area contributed by atoms with Gasteiger partial charge in [0.15, 0.2) is 5.82 Å². The fraction of sp³-hybridized carbons (Fsp3) is 0.600. The second kappa shape index (κ2) is 9.22. The van der Waals surface area contributed by atoms with Gasteiger partial charge < -0.3 is 15.0 Å². The van der Waals surface area contributed by atoms with Crippen LogP contribution in [0.25, 0.3) is 11.3 Å². The Morgan fingerprint density at radius 1 is 1.06 bits per heavy atom. The Kier molecular flexibility index (Phi) is 6.31. The Bertz CT molecular complexity index is 962. The number of halogens is 3. The van der Waals surface area contributed by atoms with Crippen LogP contribution in [0.2, 0.25) is 0 Å². The molecule has 1 N–H and O–H groups in total. The number of likely N-dealkylation sites (tertiary alicyclic amines) is 1. The zero-order valence-electron chi connectivity index (χ0n) is 18.9. The first kappa shape index (κ1) is 22.6. The van der Waals surface area contributed by atoms with Crippen LogP contribution in [0.3, 0.4) is 0 Å². The summed E-state index contributed by atoms with van der Waals surface area (Å²) in [6, 6.07) is 8.42. The van der Waals surface area contributed by atoms with Crippen LogP contribution in [0.15, 0.2) is 30.3 Å². The smallest absolute Gasteiger partial charge is 0.381 e. The van der Waals surface area contributed by atoms with Gasteiger partial charge in [0.2, 0.25) is 0 Å². The van der Waals surface area contributed by atoms with Crippen molar-refractivity contribution in [1.29, 1.82) is 0 Å². The Balaban J connectivity index is 1.25. The maximum Gasteiger partial charge on any atom is 0.420 e. The number of hydrogen-bond acceptors (Lipinski definition) is 5. The molecule has 8 heteroatoms. The van der Waals surface area contributed by atoms with Crippen LogP contribution in [0.1, 0.15) is 36.8 Å². The van der Waals surface area contributed by atoms with Crippen molar-refractivity contribution in [3.05, 3.63) is 41.5 Å². The van der Waals surface area contributed by atoms with E-state index in [1.54, 1.807) is 12.1 Å². The van der Waals surface area contributed by atoms with Crippen LogP contribution < -0.4 is 5.32 Å². The van der Waals surface area contributed by atoms with Gasteiger partial charge in [-0.2, -0.15) is 13.2 Å². The third kappa shape index (κ3) is 5.01. The number of anilines is 1. The molecule has 0 bridgehead atoms. The lowest BCUT2D eigenvalue weighted by molar-refractivity contribution is -0.137. The van der Waals surface area contributed by atoms with Gasteiger partial charge in [-0.1, -0.05) is 24.3 Å². The molecule has 1 aromatic carbocycles. The number of ether oxygens (including phenoxy) is 1. The van der Waals surface area contributed by atoms with Crippen molar-refractivity contribution in [2.45, 2.75) is 44.8 Å². The van der Waals surface area contributed by atoms with Crippen molar-refractivity contribution in [2.75, 3.05) is 38.2 Å². The second-order valence-electron chi connectivity index (χ2n) is 9.91. The number of benzene rings is 1. The maximum absolute atomic E-state index is 13.9. The minimum Gasteiger partial charge on any atom is -0.381 e. The van der Waals surface area contributed by atoms with Gasteiger partial charge in [0, 0.05) is 44.5 Å². The van der Waals surface area contributed by atoms with Gasteiger partial charge in [-0.15, -0.1) is 10.2 Å². The van der Waals surface area contributed by atoms with Gasteiger partial charge in [-0.25, -0.2) is 0 Å². The lowest BCUT2D eigenvalue weighted by atomic mass is 10.00. The van der Waals surface area contributed by atoms with Crippen molar-refractivity contribution in [2.24, 2.45) is 17.8 Å². The molecule has 3 aliphatic rings. The number of nitrogens with one attached hydrogen (secondary N) is 1. The molecule has 0 spiro atoms. The highest BCUT2D eigenvalue weighted by Crippen LogP contribution is 2.42. The number of fused-ring (bicyclic) bond motifs is 1. The summed E-state index contributed by atoms with van der Waals surface area (Å²) in [6.45, 7) is 6.80. The van der Waals surface area contributed by atoms with Gasteiger partial charge in [0.05, 0.1) is 5.69 Å². The molecule has 3 heterocycles. The summed E-state index contributed by atoms with van der Waals surface area (Å²) >= 11 is 0. The molecule has 5 nitrogen and oxygen atoms in total. The van der Waals surface area contributed by atoms with E-state index in [9.17, 15) is 13.2 Å². The fourth-order valence-electron chi connectivity index (χ4n) is 5.86. The van der Waals surface area contributed by atoms with Gasteiger partial charge in [-0.05, 0) is 62.0 Å². The van der Waals surface area contributed by atoms with E-state index in [4.69, 9.17) is 4.74 Å². The van der Waals surface area contributed by atoms with E-state index >= 15 is 0 Å². The zero-order chi connectivity index (χ0) is 23.0. The summed E-state index contributed by atoms with van der Waals surface area (Å²) in [5.41, 5.74) is 1.05. The average Bonchev–Trinajstić information content (AvgIpc) is 3.32. The average molecular weight is 461 g/mol. The number of aromatic nitrogens is 2. The molecule has 0 amide bonds. The Labute approximate surface area is 192 Å². The molecule has 0 unspecified atom stereocenters. The second-order valence-corrected chi connectivity index (χ2v) is 9.91. The summed E-state index contributed by atoms with van der Waals surface area (Å²) in [6.07, 6.45) is -0.466. The summed E-state index contributed by atoms with van der Waals surface area (Å²) < 4.78 is 47.2. The lowest BCUT2D eigenvalue weighted by Crippen LogP contribution is -2.32. The van der Waals surface area contributed by atoms with Gasteiger partial charge >= 0.3 is 6.18 Å². The third-order valence-corrected chi connectivity index (χ3v) is 7.55. The maximum atomic E-state index is 13.9. The van der Waals surface area contributed by atoms with E-state index in [1.807, 2.05) is 19.1 Å². The minimum atomic E-state index is -4.50. The van der Waals surface area contributed by atoms with Crippen LogP contribution in [-0.4, -0.2) is 54.0 Å². The summed E-state index contributed by atoms with van der Waals surface area (Å²) in [5.74, 6) is 1.64. The molecule has 3 atom stereocenters. The van der Waals surface area contributed by atoms with Crippen molar-refractivity contribution < 1.29 is 17.9 Å². The topological polar surface area (TPSA) is 50.3 Å². The first-order chi connectivity index (χ1) is 15.9. The quantitative estimate of drug-likeness (QED) is 0.679. The molecule has 1 aromatic heterocycles. The molecule has 178 valence electrons. The molecule has 0 radical (unpaired) electrons. The molecule has 1 saturated carbocycles. The molecule has 2 aromatic rings. The number of nitrogens with zero attached hydrogens (tertiary/aromatic N) is 3. The molecule has 3 fully saturated rings. The van der Waals surface area contributed by atoms with E-state index in [1.165, 1.54) is 0 Å². The van der Waals surface area contributed by atoms with Crippen LogP contribution in [-0.2, 0) is 10.9 Å². The van der Waals surface area contributed by atoms with Crippen LogP contribution in [0.4, 0.5) is 19.0 Å². The van der Waals surface area contributed by atoms with Crippen molar-refractivity contribution >= 4 is 5.82 Å². The van der Waals surface area contributed by atoms with Gasteiger partial charge in [0.25, 0.3) is 0 Å². The molecule has 1 aliphatic carbocycles. The van der Waals surface area contributed by atoms with E-state index in [0.717, 1.165) is 70.2 Å². The number of hydrogen-bond donors (Lipinski definition) is 1.